The highest BCUT2D eigenvalue weighted by Gasteiger charge is 2.24. The summed E-state index contributed by atoms with van der Waals surface area (Å²) in [6.45, 7) is 6.33. The number of benzene rings is 2. The number of ether oxygens (including phenoxy) is 1. The SMILES string of the molecule is CCCOc1ccccc1/C=N\NC(=O)C(NC(=O)c1ccc(Cl)cc1)C(C)C. The quantitative estimate of drug-likeness (QED) is 0.479. The van der Waals surface area contributed by atoms with Crippen molar-refractivity contribution in [3.8, 4) is 5.75 Å². The summed E-state index contributed by atoms with van der Waals surface area (Å²) in [6, 6.07) is 13.2. The highest BCUT2D eigenvalue weighted by Crippen LogP contribution is 2.16. The summed E-state index contributed by atoms with van der Waals surface area (Å²) < 4.78 is 5.67. The predicted molar refractivity (Wildman–Crippen MR) is 116 cm³/mol. The molecule has 0 aliphatic heterocycles. The van der Waals surface area contributed by atoms with E-state index in [1.807, 2.05) is 45.0 Å². The van der Waals surface area contributed by atoms with Gasteiger partial charge in [-0.25, -0.2) is 5.43 Å². The van der Waals surface area contributed by atoms with E-state index >= 15 is 0 Å². The third-order valence-electron chi connectivity index (χ3n) is 4.10. The van der Waals surface area contributed by atoms with Gasteiger partial charge in [-0.2, -0.15) is 5.10 Å². The molecule has 29 heavy (non-hydrogen) atoms. The van der Waals surface area contributed by atoms with Gasteiger partial charge in [-0.1, -0.05) is 44.5 Å². The van der Waals surface area contributed by atoms with E-state index in [1.165, 1.54) is 6.21 Å². The van der Waals surface area contributed by atoms with Crippen LogP contribution in [0.4, 0.5) is 0 Å². The molecule has 154 valence electrons. The zero-order valence-corrected chi connectivity index (χ0v) is 17.6. The lowest BCUT2D eigenvalue weighted by molar-refractivity contribution is -0.123. The molecule has 2 N–H and O–H groups in total. The highest BCUT2D eigenvalue weighted by molar-refractivity contribution is 6.30. The molecule has 0 heterocycles. The fourth-order valence-corrected chi connectivity index (χ4v) is 2.65. The second-order valence-corrected chi connectivity index (χ2v) is 7.26. The van der Waals surface area contributed by atoms with Gasteiger partial charge in [0.1, 0.15) is 11.8 Å². The molecule has 2 aromatic rings. The molecule has 1 atom stereocenters. The molecular weight excluding hydrogens is 390 g/mol. The third-order valence-corrected chi connectivity index (χ3v) is 4.35. The van der Waals surface area contributed by atoms with Crippen LogP contribution in [0.3, 0.4) is 0 Å². The van der Waals surface area contributed by atoms with Crippen molar-refractivity contribution in [2.24, 2.45) is 11.0 Å². The van der Waals surface area contributed by atoms with Gasteiger partial charge in [0.15, 0.2) is 0 Å². The zero-order chi connectivity index (χ0) is 21.2. The number of halogens is 1. The number of hydrogen-bond donors (Lipinski definition) is 2. The Morgan fingerprint density at radius 2 is 1.83 bits per heavy atom. The molecule has 0 fully saturated rings. The predicted octanol–water partition coefficient (Wildman–Crippen LogP) is 4.03. The van der Waals surface area contributed by atoms with E-state index in [-0.39, 0.29) is 11.8 Å². The molecule has 2 amide bonds. The summed E-state index contributed by atoms with van der Waals surface area (Å²) in [4.78, 5) is 25.0. The number of amides is 2. The summed E-state index contributed by atoms with van der Waals surface area (Å²) in [5.74, 6) is -0.172. The fourth-order valence-electron chi connectivity index (χ4n) is 2.53. The summed E-state index contributed by atoms with van der Waals surface area (Å²) in [5.41, 5.74) is 3.69. The molecule has 0 saturated heterocycles. The van der Waals surface area contributed by atoms with Crippen molar-refractivity contribution >= 4 is 29.6 Å². The first-order valence-electron chi connectivity index (χ1n) is 9.53. The summed E-state index contributed by atoms with van der Waals surface area (Å²) in [6.07, 6.45) is 2.42. The topological polar surface area (TPSA) is 79.8 Å². The maximum Gasteiger partial charge on any atom is 0.262 e. The molecule has 0 radical (unpaired) electrons. The van der Waals surface area contributed by atoms with Gasteiger partial charge in [0.05, 0.1) is 12.8 Å². The minimum absolute atomic E-state index is 0.123. The van der Waals surface area contributed by atoms with Crippen LogP contribution in [0.1, 0.15) is 43.1 Å². The Kier molecular flexibility index (Phi) is 8.68. The molecule has 0 aliphatic rings. The lowest BCUT2D eigenvalue weighted by atomic mass is 10.0. The molecule has 0 aromatic heterocycles. The molecular formula is C22H26ClN3O3. The Labute approximate surface area is 176 Å². The van der Waals surface area contributed by atoms with Crippen LogP contribution in [0.2, 0.25) is 5.02 Å². The van der Waals surface area contributed by atoms with E-state index in [4.69, 9.17) is 16.3 Å². The van der Waals surface area contributed by atoms with Crippen LogP contribution in [0.15, 0.2) is 53.6 Å². The zero-order valence-electron chi connectivity index (χ0n) is 16.8. The van der Waals surface area contributed by atoms with Crippen molar-refractivity contribution in [3.63, 3.8) is 0 Å². The standard InChI is InChI=1S/C22H26ClN3O3/c1-4-13-29-19-8-6-5-7-17(19)14-24-26-22(28)20(15(2)3)25-21(27)16-9-11-18(23)12-10-16/h5-12,14-15,20H,4,13H2,1-3H3,(H,25,27)(H,26,28)/b24-14-. The third kappa shape index (κ3) is 6.91. The van der Waals surface area contributed by atoms with Crippen LogP contribution < -0.4 is 15.5 Å². The van der Waals surface area contributed by atoms with Gasteiger partial charge in [-0.3, -0.25) is 9.59 Å². The molecule has 7 heteroatoms. The van der Waals surface area contributed by atoms with Crippen LogP contribution in [0, 0.1) is 5.92 Å². The number of hydrogen-bond acceptors (Lipinski definition) is 4. The lowest BCUT2D eigenvalue weighted by Gasteiger charge is -2.20. The average molecular weight is 416 g/mol. The van der Waals surface area contributed by atoms with Gasteiger partial charge in [-0.15, -0.1) is 0 Å². The van der Waals surface area contributed by atoms with E-state index < -0.39 is 11.9 Å². The molecule has 6 nitrogen and oxygen atoms in total. The van der Waals surface area contributed by atoms with Gasteiger partial charge >= 0.3 is 0 Å². The lowest BCUT2D eigenvalue weighted by Crippen LogP contribution is -2.48. The van der Waals surface area contributed by atoms with Gasteiger partial charge < -0.3 is 10.1 Å². The Hall–Kier alpha value is -2.86. The number of carbonyl (C=O) groups is 2. The number of nitrogens with one attached hydrogen (secondary N) is 2. The van der Waals surface area contributed by atoms with E-state index in [1.54, 1.807) is 24.3 Å². The summed E-state index contributed by atoms with van der Waals surface area (Å²) in [7, 11) is 0. The first kappa shape index (κ1) is 22.4. The summed E-state index contributed by atoms with van der Waals surface area (Å²) >= 11 is 5.85. The smallest absolute Gasteiger partial charge is 0.262 e. The largest absolute Gasteiger partial charge is 0.493 e. The van der Waals surface area contributed by atoms with Crippen LogP contribution in [-0.2, 0) is 4.79 Å². The number of hydrazone groups is 1. The van der Waals surface area contributed by atoms with Crippen LogP contribution in [0.5, 0.6) is 5.75 Å². The van der Waals surface area contributed by atoms with Crippen molar-refractivity contribution in [1.29, 1.82) is 0 Å². The van der Waals surface area contributed by atoms with E-state index in [2.05, 4.69) is 15.8 Å². The first-order chi connectivity index (χ1) is 13.9. The molecule has 2 aromatic carbocycles. The minimum Gasteiger partial charge on any atom is -0.493 e. The molecule has 0 saturated carbocycles. The van der Waals surface area contributed by atoms with Gasteiger partial charge in [0.25, 0.3) is 11.8 Å². The number of nitrogens with zero attached hydrogens (tertiary/aromatic N) is 1. The maximum absolute atomic E-state index is 12.6. The van der Waals surface area contributed by atoms with Crippen molar-refractivity contribution in [3.05, 3.63) is 64.7 Å². The fraction of sp³-hybridized carbons (Fsp3) is 0.318. The van der Waals surface area contributed by atoms with Gasteiger partial charge in [0.2, 0.25) is 0 Å². The summed E-state index contributed by atoms with van der Waals surface area (Å²) in [5, 5.41) is 7.32. The number of para-hydroxylation sites is 1. The van der Waals surface area contributed by atoms with Crippen molar-refractivity contribution in [2.45, 2.75) is 33.2 Å². The van der Waals surface area contributed by atoms with E-state index in [0.29, 0.717) is 22.9 Å². The highest BCUT2D eigenvalue weighted by atomic mass is 35.5. The molecule has 0 spiro atoms. The van der Waals surface area contributed by atoms with Crippen molar-refractivity contribution in [1.82, 2.24) is 10.7 Å². The maximum atomic E-state index is 12.6. The van der Waals surface area contributed by atoms with E-state index in [0.717, 1.165) is 12.0 Å². The Morgan fingerprint density at radius 3 is 2.48 bits per heavy atom. The molecule has 0 bridgehead atoms. The Bertz CT molecular complexity index is 851. The molecule has 1 unspecified atom stereocenters. The normalized spacial score (nSPS) is 12.0. The minimum atomic E-state index is -0.734. The average Bonchev–Trinajstić information content (AvgIpc) is 2.71. The van der Waals surface area contributed by atoms with Gasteiger partial charge in [-0.05, 0) is 48.7 Å². The monoisotopic (exact) mass is 415 g/mol. The van der Waals surface area contributed by atoms with Crippen LogP contribution in [-0.4, -0.2) is 30.7 Å². The van der Waals surface area contributed by atoms with Gasteiger partial charge in [0, 0.05) is 16.1 Å². The Balaban J connectivity index is 2.02. The second-order valence-electron chi connectivity index (χ2n) is 6.82. The van der Waals surface area contributed by atoms with Crippen molar-refractivity contribution < 1.29 is 14.3 Å². The van der Waals surface area contributed by atoms with E-state index in [9.17, 15) is 9.59 Å². The number of carbonyl (C=O) groups excluding carboxylic acids is 2. The molecule has 0 aliphatic carbocycles. The Morgan fingerprint density at radius 1 is 1.14 bits per heavy atom. The van der Waals surface area contributed by atoms with Crippen molar-refractivity contribution in [2.75, 3.05) is 6.61 Å². The molecule has 2 rings (SSSR count). The first-order valence-corrected chi connectivity index (χ1v) is 9.91. The van der Waals surface area contributed by atoms with Crippen LogP contribution in [0.25, 0.3) is 0 Å². The number of rotatable bonds is 9. The second kappa shape index (κ2) is 11.2. The van der Waals surface area contributed by atoms with Crippen LogP contribution >= 0.6 is 11.6 Å².